The summed E-state index contributed by atoms with van der Waals surface area (Å²) in [5.74, 6) is -0.368. The van der Waals surface area contributed by atoms with Crippen LogP contribution < -0.4 is 21.1 Å². The maximum absolute atomic E-state index is 11.8. The molecule has 1 aliphatic heterocycles. The lowest BCUT2D eigenvalue weighted by Gasteiger charge is -2.18. The molecule has 9 nitrogen and oxygen atoms in total. The number of imidazole rings is 1. The molecule has 0 saturated heterocycles. The molecular formula is C14H14N4O5. The molecule has 23 heavy (non-hydrogen) atoms. The summed E-state index contributed by atoms with van der Waals surface area (Å²) in [6, 6.07) is 5.19. The Balaban J connectivity index is 1.61. The van der Waals surface area contributed by atoms with Gasteiger partial charge in [0.2, 0.25) is 11.8 Å². The highest BCUT2D eigenvalue weighted by Gasteiger charge is 2.16. The number of anilines is 1. The van der Waals surface area contributed by atoms with Crippen molar-refractivity contribution in [3.8, 4) is 11.6 Å². The van der Waals surface area contributed by atoms with Crippen LogP contribution >= 0.6 is 0 Å². The highest BCUT2D eigenvalue weighted by atomic mass is 16.5. The minimum Gasteiger partial charge on any atom is -0.493 e. The lowest BCUT2D eigenvalue weighted by molar-refractivity contribution is -0.121. The Labute approximate surface area is 129 Å². The van der Waals surface area contributed by atoms with Crippen LogP contribution in [0, 0.1) is 0 Å². The predicted molar refractivity (Wildman–Crippen MR) is 79.2 cm³/mol. The van der Waals surface area contributed by atoms with E-state index in [4.69, 9.17) is 4.74 Å². The normalized spacial score (nSPS) is 13.0. The molecule has 2 heterocycles. The van der Waals surface area contributed by atoms with Gasteiger partial charge in [-0.25, -0.2) is 4.79 Å². The van der Waals surface area contributed by atoms with Crippen LogP contribution in [0.2, 0.25) is 0 Å². The maximum Gasteiger partial charge on any atom is 0.325 e. The topological polar surface area (TPSA) is 136 Å². The van der Waals surface area contributed by atoms with Gasteiger partial charge in [-0.1, -0.05) is 6.07 Å². The summed E-state index contributed by atoms with van der Waals surface area (Å²) in [6.07, 6.45) is -0.157. The summed E-state index contributed by atoms with van der Waals surface area (Å²) in [5, 5.41) is 14.7. The van der Waals surface area contributed by atoms with E-state index in [9.17, 15) is 19.5 Å². The molecule has 9 heteroatoms. The quantitative estimate of drug-likeness (QED) is 0.522. The standard InChI is InChI=1S/C14H14N4O5/c19-11(4-9-13(21)18-14(22)17-9)15-5-7-1-2-10-8(3-7)16-12(20)6-23-10/h1-3,21H,4-6H2,(H,15,19)(H,16,20)(H2,17,18,22). The molecule has 0 saturated carbocycles. The molecular weight excluding hydrogens is 304 g/mol. The minimum absolute atomic E-state index is 0.0125. The molecule has 0 spiro atoms. The number of aromatic nitrogens is 2. The van der Waals surface area contributed by atoms with Crippen molar-refractivity contribution in [3.05, 3.63) is 39.9 Å². The number of fused-ring (bicyclic) bond motifs is 1. The number of hydrogen-bond acceptors (Lipinski definition) is 5. The monoisotopic (exact) mass is 318 g/mol. The van der Waals surface area contributed by atoms with Crippen LogP contribution in [0.3, 0.4) is 0 Å². The lowest BCUT2D eigenvalue weighted by atomic mass is 10.1. The van der Waals surface area contributed by atoms with Crippen molar-refractivity contribution >= 4 is 17.5 Å². The van der Waals surface area contributed by atoms with Gasteiger partial charge in [-0.2, -0.15) is 0 Å². The van der Waals surface area contributed by atoms with Crippen molar-refractivity contribution in [1.82, 2.24) is 15.3 Å². The summed E-state index contributed by atoms with van der Waals surface area (Å²) in [6.45, 7) is 0.221. The lowest BCUT2D eigenvalue weighted by Crippen LogP contribution is -2.27. The van der Waals surface area contributed by atoms with E-state index in [0.29, 0.717) is 11.4 Å². The van der Waals surface area contributed by atoms with Gasteiger partial charge in [0.05, 0.1) is 17.8 Å². The second-order valence-corrected chi connectivity index (χ2v) is 5.03. The second-order valence-electron chi connectivity index (χ2n) is 5.03. The van der Waals surface area contributed by atoms with Gasteiger partial charge in [-0.05, 0) is 17.7 Å². The van der Waals surface area contributed by atoms with E-state index in [1.807, 2.05) is 0 Å². The van der Waals surface area contributed by atoms with E-state index in [2.05, 4.69) is 20.6 Å². The molecule has 120 valence electrons. The summed E-state index contributed by atoms with van der Waals surface area (Å²) in [5.41, 5.74) is 0.879. The van der Waals surface area contributed by atoms with E-state index in [1.54, 1.807) is 18.2 Å². The summed E-state index contributed by atoms with van der Waals surface area (Å²) in [7, 11) is 0. The Kier molecular flexibility index (Phi) is 3.75. The van der Waals surface area contributed by atoms with Crippen molar-refractivity contribution in [3.63, 3.8) is 0 Å². The molecule has 2 aromatic rings. The number of aromatic amines is 2. The van der Waals surface area contributed by atoms with E-state index >= 15 is 0 Å². The fraction of sp³-hybridized carbons (Fsp3) is 0.214. The first-order chi connectivity index (χ1) is 11.0. The summed E-state index contributed by atoms with van der Waals surface area (Å²) in [4.78, 5) is 38.6. The van der Waals surface area contributed by atoms with E-state index in [0.717, 1.165) is 5.56 Å². The van der Waals surface area contributed by atoms with Gasteiger partial charge in [0, 0.05) is 6.54 Å². The van der Waals surface area contributed by atoms with Crippen LogP contribution in [0.15, 0.2) is 23.0 Å². The van der Waals surface area contributed by atoms with Crippen LogP contribution in [0.4, 0.5) is 5.69 Å². The third-order valence-electron chi connectivity index (χ3n) is 3.29. The molecule has 3 rings (SSSR count). The van der Waals surface area contributed by atoms with Crippen molar-refractivity contribution in [1.29, 1.82) is 0 Å². The van der Waals surface area contributed by atoms with E-state index in [-0.39, 0.29) is 43.0 Å². The Morgan fingerprint density at radius 1 is 1.30 bits per heavy atom. The van der Waals surface area contributed by atoms with E-state index in [1.165, 1.54) is 0 Å². The van der Waals surface area contributed by atoms with Crippen molar-refractivity contribution in [2.45, 2.75) is 13.0 Å². The number of carbonyl (C=O) groups is 2. The van der Waals surface area contributed by atoms with Crippen molar-refractivity contribution in [2.24, 2.45) is 0 Å². The van der Waals surface area contributed by atoms with Gasteiger partial charge >= 0.3 is 5.69 Å². The Bertz CT molecular complexity index is 823. The molecule has 0 fully saturated rings. The fourth-order valence-electron chi connectivity index (χ4n) is 2.20. The SMILES string of the molecule is O=C(Cc1[nH]c(=O)[nH]c1O)NCc1ccc2c(c1)NC(=O)CO2. The van der Waals surface area contributed by atoms with Gasteiger partial charge < -0.3 is 25.5 Å². The van der Waals surface area contributed by atoms with Crippen LogP contribution in [0.1, 0.15) is 11.3 Å². The Morgan fingerprint density at radius 3 is 2.87 bits per heavy atom. The molecule has 0 atom stereocenters. The van der Waals surface area contributed by atoms with Gasteiger partial charge in [0.1, 0.15) is 5.75 Å². The molecule has 1 aromatic heterocycles. The summed E-state index contributed by atoms with van der Waals surface area (Å²) >= 11 is 0. The third kappa shape index (κ3) is 3.34. The number of carbonyl (C=O) groups excluding carboxylic acids is 2. The number of nitrogens with one attached hydrogen (secondary N) is 4. The third-order valence-corrected chi connectivity index (χ3v) is 3.29. The fourth-order valence-corrected chi connectivity index (χ4v) is 2.20. The highest BCUT2D eigenvalue weighted by molar-refractivity contribution is 5.95. The first-order valence-corrected chi connectivity index (χ1v) is 6.83. The number of amides is 2. The number of ether oxygens (including phenoxy) is 1. The first kappa shape index (κ1) is 14.7. The summed E-state index contributed by atoms with van der Waals surface area (Å²) < 4.78 is 5.25. The largest absolute Gasteiger partial charge is 0.493 e. The van der Waals surface area contributed by atoms with Gasteiger partial charge in [0.25, 0.3) is 5.91 Å². The number of H-pyrrole nitrogens is 2. The predicted octanol–water partition coefficient (Wildman–Crippen LogP) is -0.402. The highest BCUT2D eigenvalue weighted by Crippen LogP contribution is 2.28. The number of benzene rings is 1. The zero-order valence-corrected chi connectivity index (χ0v) is 11.9. The maximum atomic E-state index is 11.8. The molecule has 0 aliphatic carbocycles. The minimum atomic E-state index is -0.573. The van der Waals surface area contributed by atoms with Crippen LogP contribution in [-0.2, 0) is 22.6 Å². The molecule has 0 bridgehead atoms. The average molecular weight is 318 g/mol. The molecule has 0 radical (unpaired) electrons. The van der Waals surface area contributed by atoms with Gasteiger partial charge in [0.15, 0.2) is 6.61 Å². The molecule has 1 aliphatic rings. The molecule has 0 unspecified atom stereocenters. The number of hydrogen-bond donors (Lipinski definition) is 5. The Morgan fingerprint density at radius 2 is 2.13 bits per heavy atom. The average Bonchev–Trinajstić information content (AvgIpc) is 2.82. The Hall–Kier alpha value is -3.23. The zero-order chi connectivity index (χ0) is 16.4. The zero-order valence-electron chi connectivity index (χ0n) is 11.9. The van der Waals surface area contributed by atoms with Crippen LogP contribution in [-0.4, -0.2) is 33.5 Å². The number of aromatic hydroxyl groups is 1. The first-order valence-electron chi connectivity index (χ1n) is 6.83. The molecule has 5 N–H and O–H groups in total. The van der Waals surface area contributed by atoms with Crippen molar-refractivity contribution < 1.29 is 19.4 Å². The van der Waals surface area contributed by atoms with Crippen molar-refractivity contribution in [2.75, 3.05) is 11.9 Å². The van der Waals surface area contributed by atoms with Crippen LogP contribution in [0.25, 0.3) is 0 Å². The van der Waals surface area contributed by atoms with Gasteiger partial charge in [-0.15, -0.1) is 0 Å². The molecule has 1 aromatic carbocycles. The van der Waals surface area contributed by atoms with Gasteiger partial charge in [-0.3, -0.25) is 14.6 Å². The smallest absolute Gasteiger partial charge is 0.325 e. The van der Waals surface area contributed by atoms with E-state index < -0.39 is 5.69 Å². The molecule has 2 amide bonds. The van der Waals surface area contributed by atoms with Crippen LogP contribution in [0.5, 0.6) is 11.6 Å². The number of rotatable bonds is 4. The second kappa shape index (κ2) is 5.87.